The summed E-state index contributed by atoms with van der Waals surface area (Å²) in [5.41, 5.74) is 0.896. The summed E-state index contributed by atoms with van der Waals surface area (Å²) in [6.45, 7) is 1.76. The van der Waals surface area contributed by atoms with Gasteiger partial charge in [-0.3, -0.25) is 0 Å². The Morgan fingerprint density at radius 1 is 1.26 bits per heavy atom. The van der Waals surface area contributed by atoms with Crippen LogP contribution in [0.2, 0.25) is 0 Å². The molecule has 106 valence electrons. The standard InChI is InChI=1S/C13H19NO4S/c1-17-10-6-11(9-4-5-14-8-9)13(18-2)12(7-10)19(3,15)16/h6-7,9,14H,4-5,8H2,1-3H3. The van der Waals surface area contributed by atoms with E-state index in [1.807, 2.05) is 6.07 Å². The normalized spacial score (nSPS) is 19.4. The average molecular weight is 285 g/mol. The Balaban J connectivity index is 2.63. The van der Waals surface area contributed by atoms with Crippen LogP contribution in [0.25, 0.3) is 0 Å². The molecule has 2 rings (SSSR count). The molecule has 0 aliphatic carbocycles. The number of benzene rings is 1. The summed E-state index contributed by atoms with van der Waals surface area (Å²) in [5.74, 6) is 1.24. The molecule has 19 heavy (non-hydrogen) atoms. The van der Waals surface area contributed by atoms with Gasteiger partial charge in [0.05, 0.1) is 14.2 Å². The quantitative estimate of drug-likeness (QED) is 0.900. The second-order valence-electron chi connectivity index (χ2n) is 4.71. The molecule has 1 fully saturated rings. The maximum Gasteiger partial charge on any atom is 0.179 e. The first-order valence-corrected chi connectivity index (χ1v) is 8.03. The number of methoxy groups -OCH3 is 2. The van der Waals surface area contributed by atoms with E-state index in [9.17, 15) is 8.42 Å². The van der Waals surface area contributed by atoms with Crippen molar-refractivity contribution in [1.82, 2.24) is 5.32 Å². The van der Waals surface area contributed by atoms with Crippen molar-refractivity contribution in [3.8, 4) is 11.5 Å². The Hall–Kier alpha value is -1.27. The third-order valence-electron chi connectivity index (χ3n) is 3.40. The molecule has 1 unspecified atom stereocenters. The topological polar surface area (TPSA) is 64.6 Å². The third-order valence-corrected chi connectivity index (χ3v) is 4.50. The summed E-state index contributed by atoms with van der Waals surface area (Å²) >= 11 is 0. The van der Waals surface area contributed by atoms with Crippen LogP contribution in [-0.4, -0.2) is 42.0 Å². The van der Waals surface area contributed by atoms with Crippen LogP contribution in [0.1, 0.15) is 17.9 Å². The zero-order valence-electron chi connectivity index (χ0n) is 11.4. The van der Waals surface area contributed by atoms with E-state index in [0.29, 0.717) is 11.5 Å². The van der Waals surface area contributed by atoms with Gasteiger partial charge in [0.2, 0.25) is 0 Å². The summed E-state index contributed by atoms with van der Waals surface area (Å²) in [4.78, 5) is 0.191. The molecule has 1 saturated heterocycles. The van der Waals surface area contributed by atoms with Crippen molar-refractivity contribution in [2.75, 3.05) is 33.6 Å². The molecule has 0 bridgehead atoms. The first-order valence-electron chi connectivity index (χ1n) is 6.14. The van der Waals surface area contributed by atoms with Crippen LogP contribution in [0.3, 0.4) is 0 Å². The van der Waals surface area contributed by atoms with E-state index in [0.717, 1.165) is 25.1 Å². The predicted octanol–water partition coefficient (Wildman–Crippen LogP) is 1.18. The third kappa shape index (κ3) is 2.84. The zero-order chi connectivity index (χ0) is 14.0. The summed E-state index contributed by atoms with van der Waals surface area (Å²) in [7, 11) is -0.321. The summed E-state index contributed by atoms with van der Waals surface area (Å²) < 4.78 is 34.4. The minimum atomic E-state index is -3.36. The van der Waals surface area contributed by atoms with E-state index >= 15 is 0 Å². The Labute approximate surface area is 113 Å². The van der Waals surface area contributed by atoms with Crippen LogP contribution in [0.5, 0.6) is 11.5 Å². The molecule has 5 nitrogen and oxygen atoms in total. The Kier molecular flexibility index (Phi) is 4.01. The number of hydrogen-bond donors (Lipinski definition) is 1. The van der Waals surface area contributed by atoms with Gasteiger partial charge in [-0.05, 0) is 19.0 Å². The smallest absolute Gasteiger partial charge is 0.179 e. The number of nitrogens with one attached hydrogen (secondary N) is 1. The molecule has 0 amide bonds. The highest BCUT2D eigenvalue weighted by Gasteiger charge is 2.26. The molecule has 0 spiro atoms. The SMILES string of the molecule is COc1cc(C2CCNC2)c(OC)c(S(C)(=O)=O)c1. The van der Waals surface area contributed by atoms with E-state index in [1.165, 1.54) is 26.5 Å². The van der Waals surface area contributed by atoms with E-state index in [2.05, 4.69) is 5.32 Å². The largest absolute Gasteiger partial charge is 0.497 e. The first kappa shape index (κ1) is 14.1. The van der Waals surface area contributed by atoms with Gasteiger partial charge in [-0.25, -0.2) is 8.42 Å². The van der Waals surface area contributed by atoms with E-state index in [-0.39, 0.29) is 10.8 Å². The van der Waals surface area contributed by atoms with Crippen LogP contribution in [0.4, 0.5) is 0 Å². The lowest BCUT2D eigenvalue weighted by molar-refractivity contribution is 0.384. The Morgan fingerprint density at radius 3 is 2.47 bits per heavy atom. The van der Waals surface area contributed by atoms with Crippen molar-refractivity contribution in [3.05, 3.63) is 17.7 Å². The predicted molar refractivity (Wildman–Crippen MR) is 72.9 cm³/mol. The maximum absolute atomic E-state index is 11.9. The average Bonchev–Trinajstić information content (AvgIpc) is 2.89. The van der Waals surface area contributed by atoms with Crippen molar-refractivity contribution in [2.24, 2.45) is 0 Å². The molecule has 1 aromatic carbocycles. The molecule has 1 heterocycles. The van der Waals surface area contributed by atoms with Crippen molar-refractivity contribution in [1.29, 1.82) is 0 Å². The van der Waals surface area contributed by atoms with Gasteiger partial charge in [0.15, 0.2) is 9.84 Å². The summed E-state index contributed by atoms with van der Waals surface area (Å²) in [6.07, 6.45) is 2.15. The Morgan fingerprint density at radius 2 is 2.00 bits per heavy atom. The molecular formula is C13H19NO4S. The van der Waals surface area contributed by atoms with Crippen molar-refractivity contribution in [3.63, 3.8) is 0 Å². The number of sulfone groups is 1. The monoisotopic (exact) mass is 285 g/mol. The fourth-order valence-electron chi connectivity index (χ4n) is 2.43. The van der Waals surface area contributed by atoms with Gasteiger partial charge in [-0.15, -0.1) is 0 Å². The van der Waals surface area contributed by atoms with Crippen LogP contribution >= 0.6 is 0 Å². The van der Waals surface area contributed by atoms with Crippen LogP contribution in [0, 0.1) is 0 Å². The first-order chi connectivity index (χ1) is 8.97. The summed E-state index contributed by atoms with van der Waals surface area (Å²) in [6, 6.07) is 3.38. The number of rotatable bonds is 4. The van der Waals surface area contributed by atoms with E-state index in [1.54, 1.807) is 0 Å². The highest BCUT2D eigenvalue weighted by molar-refractivity contribution is 7.90. The molecular weight excluding hydrogens is 266 g/mol. The second-order valence-corrected chi connectivity index (χ2v) is 6.69. The number of ether oxygens (including phenoxy) is 2. The molecule has 1 aliphatic heterocycles. The van der Waals surface area contributed by atoms with Gasteiger partial charge < -0.3 is 14.8 Å². The van der Waals surface area contributed by atoms with Gasteiger partial charge in [0.1, 0.15) is 16.4 Å². The van der Waals surface area contributed by atoms with Crippen LogP contribution in [-0.2, 0) is 9.84 Å². The van der Waals surface area contributed by atoms with E-state index in [4.69, 9.17) is 9.47 Å². The zero-order valence-corrected chi connectivity index (χ0v) is 12.2. The van der Waals surface area contributed by atoms with Crippen LogP contribution in [0.15, 0.2) is 17.0 Å². The van der Waals surface area contributed by atoms with Gasteiger partial charge in [-0.2, -0.15) is 0 Å². The fourth-order valence-corrected chi connectivity index (χ4v) is 3.30. The van der Waals surface area contributed by atoms with Gasteiger partial charge in [0, 0.05) is 30.3 Å². The fraction of sp³-hybridized carbons (Fsp3) is 0.538. The molecule has 1 aromatic rings. The maximum atomic E-state index is 11.9. The van der Waals surface area contributed by atoms with Crippen molar-refractivity contribution < 1.29 is 17.9 Å². The van der Waals surface area contributed by atoms with Gasteiger partial charge in [-0.1, -0.05) is 0 Å². The molecule has 1 N–H and O–H groups in total. The minimum Gasteiger partial charge on any atom is -0.497 e. The molecule has 0 radical (unpaired) electrons. The van der Waals surface area contributed by atoms with E-state index < -0.39 is 9.84 Å². The molecule has 6 heteroatoms. The second kappa shape index (κ2) is 5.38. The highest BCUT2D eigenvalue weighted by atomic mass is 32.2. The van der Waals surface area contributed by atoms with Crippen molar-refractivity contribution >= 4 is 9.84 Å². The lowest BCUT2D eigenvalue weighted by atomic mass is 9.97. The van der Waals surface area contributed by atoms with Crippen LogP contribution < -0.4 is 14.8 Å². The molecule has 0 saturated carbocycles. The number of hydrogen-bond acceptors (Lipinski definition) is 5. The minimum absolute atomic E-state index is 0.191. The molecule has 0 aromatic heterocycles. The van der Waals surface area contributed by atoms with Crippen molar-refractivity contribution in [2.45, 2.75) is 17.2 Å². The molecule has 1 atom stereocenters. The van der Waals surface area contributed by atoms with Gasteiger partial charge in [0.25, 0.3) is 0 Å². The highest BCUT2D eigenvalue weighted by Crippen LogP contribution is 2.38. The van der Waals surface area contributed by atoms with Gasteiger partial charge >= 0.3 is 0 Å². The molecule has 1 aliphatic rings. The summed E-state index contributed by atoms with van der Waals surface area (Å²) in [5, 5.41) is 3.27. The lowest BCUT2D eigenvalue weighted by Gasteiger charge is -2.18. The lowest BCUT2D eigenvalue weighted by Crippen LogP contribution is -2.11. The Bertz CT molecular complexity index is 562.